The van der Waals surface area contributed by atoms with Crippen LogP contribution in [-0.4, -0.2) is 16.8 Å². The summed E-state index contributed by atoms with van der Waals surface area (Å²) in [6.45, 7) is 2.42. The highest BCUT2D eigenvalue weighted by Gasteiger charge is 2.05. The average Bonchev–Trinajstić information content (AvgIpc) is 2.60. The lowest BCUT2D eigenvalue weighted by molar-refractivity contribution is -0.116. The lowest BCUT2D eigenvalue weighted by Gasteiger charge is -2.07. The maximum atomic E-state index is 12.0. The van der Waals surface area contributed by atoms with Crippen LogP contribution in [0.2, 0.25) is 0 Å². The number of nitrogens with zero attached hydrogens (tertiary/aromatic N) is 1. The van der Waals surface area contributed by atoms with Crippen LogP contribution < -0.4 is 10.6 Å². The lowest BCUT2D eigenvalue weighted by Crippen LogP contribution is -2.20. The summed E-state index contributed by atoms with van der Waals surface area (Å²) in [5.41, 5.74) is 2.16. The standard InChI is InChI=1S/C18H19N3O2/c1-2-3-6-17(22)20-12-14-7-9-16(10-8-14)21-18(23)15-5-4-11-19-13-15/h3-11,13H,2,12H2,1H3,(H,20,22)(H,21,23)/b6-3+. The lowest BCUT2D eigenvalue weighted by atomic mass is 10.2. The van der Waals surface area contributed by atoms with Crippen LogP contribution in [0.5, 0.6) is 0 Å². The largest absolute Gasteiger partial charge is 0.348 e. The fraction of sp³-hybridized carbons (Fsp3) is 0.167. The fourth-order valence-corrected chi connectivity index (χ4v) is 1.88. The monoisotopic (exact) mass is 309 g/mol. The normalized spacial score (nSPS) is 10.5. The third-order valence-electron chi connectivity index (χ3n) is 3.11. The third kappa shape index (κ3) is 5.39. The number of carbonyl (C=O) groups is 2. The van der Waals surface area contributed by atoms with Crippen LogP contribution >= 0.6 is 0 Å². The highest BCUT2D eigenvalue weighted by Crippen LogP contribution is 2.11. The van der Waals surface area contributed by atoms with Gasteiger partial charge in [0.25, 0.3) is 5.91 Å². The van der Waals surface area contributed by atoms with Crippen LogP contribution in [0.25, 0.3) is 0 Å². The summed E-state index contributed by atoms with van der Waals surface area (Å²) in [5.74, 6) is -0.315. The smallest absolute Gasteiger partial charge is 0.257 e. The number of aromatic nitrogens is 1. The molecule has 2 aromatic rings. The van der Waals surface area contributed by atoms with Gasteiger partial charge in [0.15, 0.2) is 0 Å². The quantitative estimate of drug-likeness (QED) is 0.806. The van der Waals surface area contributed by atoms with Crippen LogP contribution in [0.4, 0.5) is 5.69 Å². The van der Waals surface area contributed by atoms with Gasteiger partial charge in [-0.25, -0.2) is 0 Å². The first-order valence-electron chi connectivity index (χ1n) is 7.43. The van der Waals surface area contributed by atoms with E-state index in [0.717, 1.165) is 12.0 Å². The van der Waals surface area contributed by atoms with Crippen LogP contribution in [0, 0.1) is 0 Å². The summed E-state index contributed by atoms with van der Waals surface area (Å²) in [6.07, 6.45) is 7.31. The van der Waals surface area contributed by atoms with Crippen molar-refractivity contribution in [3.63, 3.8) is 0 Å². The van der Waals surface area contributed by atoms with Gasteiger partial charge in [0.2, 0.25) is 5.91 Å². The molecule has 0 bridgehead atoms. The minimum Gasteiger partial charge on any atom is -0.348 e. The Kier molecular flexibility index (Phi) is 6.06. The summed E-state index contributed by atoms with van der Waals surface area (Å²) in [5, 5.41) is 5.60. The fourth-order valence-electron chi connectivity index (χ4n) is 1.88. The number of hydrogen-bond acceptors (Lipinski definition) is 3. The van der Waals surface area contributed by atoms with E-state index in [2.05, 4.69) is 15.6 Å². The molecule has 0 aliphatic rings. The van der Waals surface area contributed by atoms with E-state index in [4.69, 9.17) is 0 Å². The predicted molar refractivity (Wildman–Crippen MR) is 89.9 cm³/mol. The highest BCUT2D eigenvalue weighted by molar-refractivity contribution is 6.04. The number of nitrogens with one attached hydrogen (secondary N) is 2. The first-order chi connectivity index (χ1) is 11.2. The molecule has 0 radical (unpaired) electrons. The second-order valence-corrected chi connectivity index (χ2v) is 4.92. The molecule has 0 aliphatic carbocycles. The van der Waals surface area contributed by atoms with Crippen molar-refractivity contribution in [1.29, 1.82) is 0 Å². The molecule has 2 N–H and O–H groups in total. The van der Waals surface area contributed by atoms with E-state index < -0.39 is 0 Å². The van der Waals surface area contributed by atoms with Crippen molar-refractivity contribution in [3.8, 4) is 0 Å². The molecule has 0 fully saturated rings. The van der Waals surface area contributed by atoms with Gasteiger partial charge in [0, 0.05) is 24.6 Å². The Labute approximate surface area is 135 Å². The van der Waals surface area contributed by atoms with Crippen molar-refractivity contribution >= 4 is 17.5 Å². The van der Waals surface area contributed by atoms with E-state index in [0.29, 0.717) is 17.8 Å². The van der Waals surface area contributed by atoms with Gasteiger partial charge in [-0.2, -0.15) is 0 Å². The molecular formula is C18H19N3O2. The summed E-state index contributed by atoms with van der Waals surface area (Å²) >= 11 is 0. The van der Waals surface area contributed by atoms with Crippen LogP contribution in [0.3, 0.4) is 0 Å². The summed E-state index contributed by atoms with van der Waals surface area (Å²) in [4.78, 5) is 27.4. The van der Waals surface area contributed by atoms with Crippen molar-refractivity contribution in [1.82, 2.24) is 10.3 Å². The van der Waals surface area contributed by atoms with Crippen molar-refractivity contribution in [2.24, 2.45) is 0 Å². The van der Waals surface area contributed by atoms with Gasteiger partial charge >= 0.3 is 0 Å². The molecule has 5 nitrogen and oxygen atoms in total. The molecule has 2 amide bonds. The number of amides is 2. The highest BCUT2D eigenvalue weighted by atomic mass is 16.2. The SMILES string of the molecule is CC/C=C/C(=O)NCc1ccc(NC(=O)c2cccnc2)cc1. The molecule has 1 aromatic carbocycles. The molecule has 0 spiro atoms. The zero-order valence-corrected chi connectivity index (χ0v) is 13.0. The zero-order chi connectivity index (χ0) is 16.5. The Hall–Kier alpha value is -2.95. The molecule has 0 unspecified atom stereocenters. The van der Waals surface area contributed by atoms with Gasteiger partial charge < -0.3 is 10.6 Å². The molecule has 0 aliphatic heterocycles. The molecule has 118 valence electrons. The Morgan fingerprint density at radius 3 is 2.61 bits per heavy atom. The summed E-state index contributed by atoms with van der Waals surface area (Å²) < 4.78 is 0. The summed E-state index contributed by atoms with van der Waals surface area (Å²) in [6, 6.07) is 10.8. The van der Waals surface area contributed by atoms with Crippen LogP contribution in [0.15, 0.2) is 60.9 Å². The third-order valence-corrected chi connectivity index (χ3v) is 3.11. The number of hydrogen-bond donors (Lipinski definition) is 2. The molecule has 0 saturated heterocycles. The van der Waals surface area contributed by atoms with E-state index in [9.17, 15) is 9.59 Å². The van der Waals surface area contributed by atoms with Gasteiger partial charge in [-0.05, 0) is 42.3 Å². The number of benzene rings is 1. The first kappa shape index (κ1) is 16.4. The second-order valence-electron chi connectivity index (χ2n) is 4.92. The van der Waals surface area contributed by atoms with E-state index in [1.165, 1.54) is 12.3 Å². The predicted octanol–water partition coefficient (Wildman–Crippen LogP) is 2.92. The maximum absolute atomic E-state index is 12.0. The van der Waals surface area contributed by atoms with Crippen molar-refractivity contribution < 1.29 is 9.59 Å². The Morgan fingerprint density at radius 1 is 1.17 bits per heavy atom. The maximum Gasteiger partial charge on any atom is 0.257 e. The van der Waals surface area contributed by atoms with Gasteiger partial charge in [-0.1, -0.05) is 25.1 Å². The Balaban J connectivity index is 1.88. The molecule has 23 heavy (non-hydrogen) atoms. The minimum absolute atomic E-state index is 0.110. The molecule has 0 saturated carbocycles. The minimum atomic E-state index is -0.205. The average molecular weight is 309 g/mol. The van der Waals surface area contributed by atoms with E-state index in [-0.39, 0.29) is 11.8 Å². The number of carbonyl (C=O) groups excluding carboxylic acids is 2. The number of allylic oxidation sites excluding steroid dienone is 1. The molecule has 1 heterocycles. The van der Waals surface area contributed by atoms with Gasteiger partial charge in [0.05, 0.1) is 5.56 Å². The van der Waals surface area contributed by atoms with Crippen LogP contribution in [-0.2, 0) is 11.3 Å². The Bertz CT molecular complexity index is 679. The van der Waals surface area contributed by atoms with Crippen molar-refractivity contribution in [3.05, 3.63) is 72.1 Å². The van der Waals surface area contributed by atoms with Crippen molar-refractivity contribution in [2.45, 2.75) is 19.9 Å². The van der Waals surface area contributed by atoms with Crippen molar-refractivity contribution in [2.75, 3.05) is 5.32 Å². The number of pyridine rings is 1. The molecule has 2 rings (SSSR count). The van der Waals surface area contributed by atoms with Gasteiger partial charge in [-0.3, -0.25) is 14.6 Å². The van der Waals surface area contributed by atoms with E-state index in [1.807, 2.05) is 25.1 Å². The van der Waals surface area contributed by atoms with E-state index >= 15 is 0 Å². The topological polar surface area (TPSA) is 71.1 Å². The van der Waals surface area contributed by atoms with E-state index in [1.54, 1.807) is 30.5 Å². The summed E-state index contributed by atoms with van der Waals surface area (Å²) in [7, 11) is 0. The number of rotatable bonds is 6. The van der Waals surface area contributed by atoms with Gasteiger partial charge in [0.1, 0.15) is 0 Å². The number of anilines is 1. The molecule has 5 heteroatoms. The Morgan fingerprint density at radius 2 is 1.96 bits per heavy atom. The van der Waals surface area contributed by atoms with Gasteiger partial charge in [-0.15, -0.1) is 0 Å². The molecular weight excluding hydrogens is 290 g/mol. The first-order valence-corrected chi connectivity index (χ1v) is 7.43. The molecule has 1 aromatic heterocycles. The van der Waals surface area contributed by atoms with Crippen LogP contribution in [0.1, 0.15) is 29.3 Å². The second kappa shape index (κ2) is 8.48. The molecule has 0 atom stereocenters. The zero-order valence-electron chi connectivity index (χ0n) is 13.0.